The molecule has 2 fully saturated rings. The lowest BCUT2D eigenvalue weighted by atomic mass is 9.94. The average Bonchev–Trinajstić information content (AvgIpc) is 2.75. The van der Waals surface area contributed by atoms with E-state index in [1.165, 1.54) is 4.31 Å². The van der Waals surface area contributed by atoms with Gasteiger partial charge >= 0.3 is 5.97 Å². The Morgan fingerprint density at radius 3 is 2.35 bits per heavy atom. The van der Waals surface area contributed by atoms with Gasteiger partial charge in [-0.25, -0.2) is 0 Å². The van der Waals surface area contributed by atoms with Crippen LogP contribution in [0, 0.1) is 17.8 Å². The van der Waals surface area contributed by atoms with Crippen LogP contribution in [0.4, 0.5) is 0 Å². The maximum Gasteiger partial charge on any atom is 0.308 e. The van der Waals surface area contributed by atoms with E-state index in [2.05, 4.69) is 4.72 Å². The van der Waals surface area contributed by atoms with Gasteiger partial charge in [-0.15, -0.1) is 0 Å². The topological polar surface area (TPSA) is 86.7 Å². The van der Waals surface area contributed by atoms with Crippen molar-refractivity contribution in [1.82, 2.24) is 9.03 Å². The first kappa shape index (κ1) is 15.7. The molecule has 0 amide bonds. The minimum Gasteiger partial charge on any atom is -0.481 e. The summed E-state index contributed by atoms with van der Waals surface area (Å²) in [6, 6.07) is -0.468. The maximum absolute atomic E-state index is 12.4. The van der Waals surface area contributed by atoms with Gasteiger partial charge in [0.1, 0.15) is 0 Å². The minimum absolute atomic E-state index is 0.342. The second kappa shape index (κ2) is 5.99. The van der Waals surface area contributed by atoms with Gasteiger partial charge in [-0.3, -0.25) is 4.79 Å². The van der Waals surface area contributed by atoms with Gasteiger partial charge in [-0.05, 0) is 31.1 Å². The molecule has 0 radical (unpaired) electrons. The quantitative estimate of drug-likeness (QED) is 0.813. The van der Waals surface area contributed by atoms with E-state index in [0.29, 0.717) is 37.8 Å². The third-order valence-corrected chi connectivity index (χ3v) is 5.89. The molecule has 116 valence electrons. The van der Waals surface area contributed by atoms with Crippen LogP contribution in [0.1, 0.15) is 39.5 Å². The first-order chi connectivity index (χ1) is 9.29. The third kappa shape index (κ3) is 3.51. The summed E-state index contributed by atoms with van der Waals surface area (Å²) in [4.78, 5) is 11.1. The molecule has 20 heavy (non-hydrogen) atoms. The summed E-state index contributed by atoms with van der Waals surface area (Å²) in [5, 5.41) is 9.13. The Kier molecular flexibility index (Phi) is 4.71. The average molecular weight is 304 g/mol. The van der Waals surface area contributed by atoms with Crippen molar-refractivity contribution in [3.63, 3.8) is 0 Å². The molecule has 2 aliphatic rings. The van der Waals surface area contributed by atoms with Crippen molar-refractivity contribution in [2.45, 2.75) is 45.6 Å². The van der Waals surface area contributed by atoms with E-state index in [1.54, 1.807) is 0 Å². The highest BCUT2D eigenvalue weighted by Gasteiger charge is 2.38. The first-order valence-corrected chi connectivity index (χ1v) is 8.74. The fourth-order valence-corrected chi connectivity index (χ4v) is 5.18. The summed E-state index contributed by atoms with van der Waals surface area (Å²) in [6.07, 6.45) is 2.95. The summed E-state index contributed by atoms with van der Waals surface area (Å²) in [5.41, 5.74) is 0. The molecule has 1 aliphatic carbocycles. The van der Waals surface area contributed by atoms with Crippen LogP contribution in [0.3, 0.4) is 0 Å². The summed E-state index contributed by atoms with van der Waals surface area (Å²) in [7, 11) is -3.58. The van der Waals surface area contributed by atoms with Gasteiger partial charge in [0, 0.05) is 19.1 Å². The molecule has 6 nitrogen and oxygen atoms in total. The molecule has 1 saturated heterocycles. The van der Waals surface area contributed by atoms with Gasteiger partial charge < -0.3 is 5.11 Å². The molecule has 0 aromatic rings. The van der Waals surface area contributed by atoms with Gasteiger partial charge in [-0.2, -0.15) is 17.4 Å². The van der Waals surface area contributed by atoms with Crippen LogP contribution in [-0.2, 0) is 15.0 Å². The molecule has 2 rings (SSSR count). The van der Waals surface area contributed by atoms with Gasteiger partial charge in [-0.1, -0.05) is 20.3 Å². The Morgan fingerprint density at radius 2 is 1.80 bits per heavy atom. The van der Waals surface area contributed by atoms with Crippen LogP contribution in [0.5, 0.6) is 0 Å². The predicted octanol–water partition coefficient (Wildman–Crippen LogP) is 1.05. The Bertz CT molecular complexity index is 455. The van der Waals surface area contributed by atoms with Crippen LogP contribution in [0.2, 0.25) is 0 Å². The molecular weight excluding hydrogens is 280 g/mol. The highest BCUT2D eigenvalue weighted by molar-refractivity contribution is 7.87. The molecule has 0 spiro atoms. The van der Waals surface area contributed by atoms with E-state index in [9.17, 15) is 13.2 Å². The van der Waals surface area contributed by atoms with Gasteiger partial charge in [0.05, 0.1) is 5.92 Å². The highest BCUT2D eigenvalue weighted by Crippen LogP contribution is 2.28. The zero-order valence-corrected chi connectivity index (χ0v) is 12.9. The number of carbonyl (C=O) groups is 1. The number of nitrogens with one attached hydrogen (secondary N) is 1. The molecule has 1 aliphatic heterocycles. The second-order valence-electron chi connectivity index (χ2n) is 6.37. The standard InChI is InChI=1S/C13H24N2O4S/c1-9-6-10(2)8-15(7-9)20(18,19)14-12-5-3-4-11(12)13(16)17/h9-12,14H,3-8H2,1-2H3,(H,16,17). The number of carboxylic acids is 1. The van der Waals surface area contributed by atoms with Crippen molar-refractivity contribution in [2.75, 3.05) is 13.1 Å². The van der Waals surface area contributed by atoms with Crippen LogP contribution < -0.4 is 4.72 Å². The first-order valence-electron chi connectivity index (χ1n) is 7.30. The van der Waals surface area contributed by atoms with Crippen molar-refractivity contribution in [3.8, 4) is 0 Å². The van der Waals surface area contributed by atoms with E-state index in [4.69, 9.17) is 5.11 Å². The summed E-state index contributed by atoms with van der Waals surface area (Å²) >= 11 is 0. The molecule has 0 bridgehead atoms. The monoisotopic (exact) mass is 304 g/mol. The van der Waals surface area contributed by atoms with Crippen LogP contribution in [0.25, 0.3) is 0 Å². The Balaban J connectivity index is 2.05. The molecule has 0 aromatic heterocycles. The normalized spacial score (nSPS) is 36.1. The van der Waals surface area contributed by atoms with E-state index < -0.39 is 28.1 Å². The molecule has 4 unspecified atom stereocenters. The number of hydrogen-bond acceptors (Lipinski definition) is 3. The highest BCUT2D eigenvalue weighted by atomic mass is 32.2. The molecule has 1 heterocycles. The molecular formula is C13H24N2O4S. The van der Waals surface area contributed by atoms with Gasteiger partial charge in [0.15, 0.2) is 0 Å². The van der Waals surface area contributed by atoms with Crippen LogP contribution in [0.15, 0.2) is 0 Å². The predicted molar refractivity (Wildman–Crippen MR) is 75.3 cm³/mol. The third-order valence-electron chi connectivity index (χ3n) is 4.31. The van der Waals surface area contributed by atoms with Crippen molar-refractivity contribution >= 4 is 16.2 Å². The smallest absolute Gasteiger partial charge is 0.308 e. The number of piperidine rings is 1. The second-order valence-corrected chi connectivity index (χ2v) is 8.07. The zero-order valence-electron chi connectivity index (χ0n) is 12.1. The molecule has 2 N–H and O–H groups in total. The van der Waals surface area contributed by atoms with Crippen molar-refractivity contribution < 1.29 is 18.3 Å². The Hall–Kier alpha value is -0.660. The minimum atomic E-state index is -3.58. The lowest BCUT2D eigenvalue weighted by molar-refractivity contribution is -0.142. The van der Waals surface area contributed by atoms with Crippen molar-refractivity contribution in [1.29, 1.82) is 0 Å². The fraction of sp³-hybridized carbons (Fsp3) is 0.923. The number of rotatable bonds is 4. The molecule has 7 heteroatoms. The van der Waals surface area contributed by atoms with Crippen LogP contribution in [-0.4, -0.2) is 42.9 Å². The summed E-state index contributed by atoms with van der Waals surface area (Å²) in [5.74, 6) is -0.816. The van der Waals surface area contributed by atoms with Crippen LogP contribution >= 0.6 is 0 Å². The number of nitrogens with zero attached hydrogens (tertiary/aromatic N) is 1. The van der Waals surface area contributed by atoms with Crippen molar-refractivity contribution in [2.24, 2.45) is 17.8 Å². The van der Waals surface area contributed by atoms with E-state index >= 15 is 0 Å². The van der Waals surface area contributed by atoms with E-state index in [-0.39, 0.29) is 0 Å². The Morgan fingerprint density at radius 1 is 1.20 bits per heavy atom. The Labute approximate surface area is 120 Å². The molecule has 0 aromatic carbocycles. The lowest BCUT2D eigenvalue weighted by Gasteiger charge is -2.35. The van der Waals surface area contributed by atoms with Gasteiger partial charge in [0.25, 0.3) is 10.2 Å². The number of carboxylic acid groups (broad SMARTS) is 1. The zero-order chi connectivity index (χ0) is 14.9. The number of aliphatic carboxylic acids is 1. The molecule has 4 atom stereocenters. The maximum atomic E-state index is 12.4. The largest absolute Gasteiger partial charge is 0.481 e. The van der Waals surface area contributed by atoms with E-state index in [0.717, 1.165) is 12.8 Å². The number of hydrogen-bond donors (Lipinski definition) is 2. The lowest BCUT2D eigenvalue weighted by Crippen LogP contribution is -2.51. The SMILES string of the molecule is CC1CC(C)CN(S(=O)(=O)NC2CCCC2C(=O)O)C1. The summed E-state index contributed by atoms with van der Waals surface area (Å²) in [6.45, 7) is 5.13. The fourth-order valence-electron chi connectivity index (χ4n) is 3.46. The van der Waals surface area contributed by atoms with E-state index in [1.807, 2.05) is 13.8 Å². The van der Waals surface area contributed by atoms with Crippen molar-refractivity contribution in [3.05, 3.63) is 0 Å². The molecule has 1 saturated carbocycles. The summed E-state index contributed by atoms with van der Waals surface area (Å²) < 4.78 is 28.9. The van der Waals surface area contributed by atoms with Gasteiger partial charge in [0.2, 0.25) is 0 Å².